The molecule has 1 heterocycles. The van der Waals surface area contributed by atoms with Crippen molar-refractivity contribution in [3.63, 3.8) is 0 Å². The highest BCUT2D eigenvalue weighted by Crippen LogP contribution is 2.57. The normalized spacial score (nSPS) is 13.5. The van der Waals surface area contributed by atoms with Gasteiger partial charge in [-0.2, -0.15) is 0 Å². The molecule has 0 fully saturated rings. The van der Waals surface area contributed by atoms with Crippen molar-refractivity contribution in [2.24, 2.45) is 0 Å². The molecule has 25 heavy (non-hydrogen) atoms. The highest BCUT2D eigenvalue weighted by Gasteiger charge is 2.41. The second kappa shape index (κ2) is 10.3. The third-order valence-corrected chi connectivity index (χ3v) is 5.63. The minimum atomic E-state index is -3.85. The number of alkyl carbamates (subject to hydrolysis) is 1. The molecule has 0 saturated heterocycles. The Balaban J connectivity index is 3.11. The Bertz CT molecular complexity index is 605. The van der Waals surface area contributed by atoms with Gasteiger partial charge >= 0.3 is 13.7 Å². The van der Waals surface area contributed by atoms with E-state index in [2.05, 4.69) is 31.6 Å². The zero-order chi connectivity index (χ0) is 19.1. The van der Waals surface area contributed by atoms with Crippen LogP contribution in [0, 0.1) is 0 Å². The molecule has 0 spiro atoms. The standard InChI is InChI=1S/C11H17BrCl3N4O5P/c1-3-23-25(21,24-4-2)9(19-8(5-12)6-16-18-19)17-10(20)22-7-11(13,14)15/h6,9H,3-5,7H2,1-2H3,(H,17,20). The molecule has 144 valence electrons. The van der Waals surface area contributed by atoms with Gasteiger partial charge in [-0.05, 0) is 13.8 Å². The first-order valence-electron chi connectivity index (χ1n) is 7.00. The zero-order valence-electron chi connectivity index (χ0n) is 13.3. The third-order valence-electron chi connectivity index (χ3n) is 2.55. The van der Waals surface area contributed by atoms with Crippen molar-refractivity contribution < 1.29 is 23.1 Å². The molecule has 1 unspecified atom stereocenters. The molecule has 1 rings (SSSR count). The van der Waals surface area contributed by atoms with Crippen LogP contribution in [-0.2, 0) is 23.7 Å². The van der Waals surface area contributed by atoms with E-state index in [1.165, 1.54) is 10.9 Å². The third kappa shape index (κ3) is 7.21. The molecule has 0 bridgehead atoms. The number of nitrogens with zero attached hydrogens (tertiary/aromatic N) is 3. The lowest BCUT2D eigenvalue weighted by Gasteiger charge is -2.27. The van der Waals surface area contributed by atoms with Crippen molar-refractivity contribution in [2.75, 3.05) is 19.8 Å². The van der Waals surface area contributed by atoms with Crippen molar-refractivity contribution in [2.45, 2.75) is 28.9 Å². The fraction of sp³-hybridized carbons (Fsp3) is 0.727. The second-order valence-electron chi connectivity index (χ2n) is 4.39. The molecule has 1 aromatic rings. The van der Waals surface area contributed by atoms with Gasteiger partial charge in [0.1, 0.15) is 6.61 Å². The molecule has 9 nitrogen and oxygen atoms in total. The molecular weight excluding hydrogens is 485 g/mol. The van der Waals surface area contributed by atoms with Crippen LogP contribution in [0.2, 0.25) is 0 Å². The van der Waals surface area contributed by atoms with Crippen molar-refractivity contribution in [3.8, 4) is 0 Å². The summed E-state index contributed by atoms with van der Waals surface area (Å²) in [6, 6.07) is 0. The van der Waals surface area contributed by atoms with Crippen LogP contribution in [0.3, 0.4) is 0 Å². The number of carbonyl (C=O) groups is 1. The van der Waals surface area contributed by atoms with E-state index in [1.54, 1.807) is 13.8 Å². The number of carbonyl (C=O) groups excluding carboxylic acids is 1. The maximum atomic E-state index is 13.1. The lowest BCUT2D eigenvalue weighted by molar-refractivity contribution is 0.136. The summed E-state index contributed by atoms with van der Waals surface area (Å²) in [6.45, 7) is 2.92. The largest absolute Gasteiger partial charge is 0.445 e. The summed E-state index contributed by atoms with van der Waals surface area (Å²) < 4.78 is 27.9. The quantitative estimate of drug-likeness (QED) is 0.402. The number of alkyl halides is 4. The van der Waals surface area contributed by atoms with E-state index in [0.717, 1.165) is 0 Å². The van der Waals surface area contributed by atoms with Gasteiger partial charge in [0.15, 0.2) is 0 Å². The number of amides is 1. The molecule has 0 aliphatic carbocycles. The molecule has 1 amide bonds. The van der Waals surface area contributed by atoms with Gasteiger partial charge in [-0.3, -0.25) is 9.88 Å². The predicted molar refractivity (Wildman–Crippen MR) is 97.3 cm³/mol. The van der Waals surface area contributed by atoms with Gasteiger partial charge in [0.2, 0.25) is 9.70 Å². The topological polar surface area (TPSA) is 105 Å². The molecule has 0 aromatic carbocycles. The minimum Gasteiger partial charge on any atom is -0.445 e. The first-order valence-corrected chi connectivity index (χ1v) is 10.9. The molecule has 0 aliphatic heterocycles. The van der Waals surface area contributed by atoms with Crippen LogP contribution in [0.1, 0.15) is 25.4 Å². The number of hydrogen-bond acceptors (Lipinski definition) is 7. The first-order chi connectivity index (χ1) is 11.7. The van der Waals surface area contributed by atoms with Gasteiger partial charge in [-0.15, -0.1) is 5.10 Å². The van der Waals surface area contributed by atoms with Gasteiger partial charge in [0.05, 0.1) is 25.1 Å². The van der Waals surface area contributed by atoms with Crippen molar-refractivity contribution >= 4 is 64.4 Å². The number of halogens is 4. The van der Waals surface area contributed by atoms with Crippen molar-refractivity contribution in [3.05, 3.63) is 11.9 Å². The van der Waals surface area contributed by atoms with Crippen LogP contribution in [0.25, 0.3) is 0 Å². The molecule has 14 heteroatoms. The van der Waals surface area contributed by atoms with Gasteiger partial charge in [-0.1, -0.05) is 55.9 Å². The number of ether oxygens (including phenoxy) is 1. The van der Waals surface area contributed by atoms with Gasteiger partial charge in [-0.25, -0.2) is 9.48 Å². The molecule has 0 saturated carbocycles. The van der Waals surface area contributed by atoms with Crippen molar-refractivity contribution in [1.82, 2.24) is 20.3 Å². The summed E-state index contributed by atoms with van der Waals surface area (Å²) >= 11 is 19.9. The van der Waals surface area contributed by atoms with Crippen LogP contribution >= 0.6 is 58.3 Å². The van der Waals surface area contributed by atoms with E-state index >= 15 is 0 Å². The summed E-state index contributed by atoms with van der Waals surface area (Å²) in [5.41, 5.74) is 0.520. The van der Waals surface area contributed by atoms with Gasteiger partial charge in [0.25, 0.3) is 0 Å². The Morgan fingerprint density at radius 1 is 1.40 bits per heavy atom. The minimum absolute atomic E-state index is 0.0804. The van der Waals surface area contributed by atoms with Crippen LogP contribution in [-0.4, -0.2) is 44.7 Å². The molecule has 1 N–H and O–H groups in total. The number of aromatic nitrogens is 3. The van der Waals surface area contributed by atoms with E-state index < -0.39 is 30.0 Å². The molecule has 1 atom stereocenters. The lowest BCUT2D eigenvalue weighted by Crippen LogP contribution is -2.36. The highest BCUT2D eigenvalue weighted by atomic mass is 79.9. The van der Waals surface area contributed by atoms with E-state index in [1.807, 2.05) is 0 Å². The highest BCUT2D eigenvalue weighted by molar-refractivity contribution is 9.08. The Kier molecular flexibility index (Phi) is 9.45. The average molecular weight is 503 g/mol. The fourth-order valence-corrected chi connectivity index (χ4v) is 4.04. The molecular formula is C11H17BrCl3N4O5P. The Labute approximate surface area is 168 Å². The van der Waals surface area contributed by atoms with Gasteiger partial charge in [0, 0.05) is 5.33 Å². The van der Waals surface area contributed by atoms with Crippen LogP contribution < -0.4 is 5.32 Å². The summed E-state index contributed by atoms with van der Waals surface area (Å²) in [6.07, 6.45) is 0.435. The van der Waals surface area contributed by atoms with E-state index in [-0.39, 0.29) is 13.2 Å². The number of nitrogens with one attached hydrogen (secondary N) is 1. The molecule has 1 aromatic heterocycles. The maximum absolute atomic E-state index is 13.1. The van der Waals surface area contributed by atoms with Crippen LogP contribution in [0.4, 0.5) is 4.79 Å². The van der Waals surface area contributed by atoms with E-state index in [4.69, 9.17) is 48.6 Å². The zero-order valence-corrected chi connectivity index (χ0v) is 18.1. The molecule has 0 radical (unpaired) electrons. The Morgan fingerprint density at radius 2 is 2.00 bits per heavy atom. The number of hydrogen-bond donors (Lipinski definition) is 1. The summed E-state index contributed by atoms with van der Waals surface area (Å²) in [7, 11) is -3.85. The van der Waals surface area contributed by atoms with Crippen LogP contribution in [0.15, 0.2) is 6.20 Å². The predicted octanol–water partition coefficient (Wildman–Crippen LogP) is 3.99. The lowest BCUT2D eigenvalue weighted by atomic mass is 10.5. The summed E-state index contributed by atoms with van der Waals surface area (Å²) in [5, 5.41) is 10.3. The van der Waals surface area contributed by atoms with Crippen molar-refractivity contribution in [1.29, 1.82) is 0 Å². The molecule has 0 aliphatic rings. The SMILES string of the molecule is CCOP(=O)(OCC)C(NC(=O)OCC(Cl)(Cl)Cl)n1nncc1CBr. The number of rotatable bonds is 9. The first kappa shape index (κ1) is 23.0. The fourth-order valence-electron chi connectivity index (χ4n) is 1.67. The average Bonchev–Trinajstić information content (AvgIpc) is 2.98. The van der Waals surface area contributed by atoms with E-state index in [9.17, 15) is 9.36 Å². The van der Waals surface area contributed by atoms with E-state index in [0.29, 0.717) is 11.0 Å². The van der Waals surface area contributed by atoms with Gasteiger partial charge < -0.3 is 13.8 Å². The Morgan fingerprint density at radius 3 is 2.48 bits per heavy atom. The summed E-state index contributed by atoms with van der Waals surface area (Å²) in [5.74, 6) is -1.31. The second-order valence-corrected chi connectivity index (χ2v) is 9.55. The monoisotopic (exact) mass is 500 g/mol. The van der Waals surface area contributed by atoms with Crippen LogP contribution in [0.5, 0.6) is 0 Å². The summed E-state index contributed by atoms with van der Waals surface area (Å²) in [4.78, 5) is 12.0. The Hall–Kier alpha value is -0.0900. The maximum Gasteiger partial charge on any atom is 0.409 e. The smallest absolute Gasteiger partial charge is 0.409 e.